The summed E-state index contributed by atoms with van der Waals surface area (Å²) in [6.07, 6.45) is 22.1. The number of hydrogen-bond donors (Lipinski definition) is 7. The number of carbonyl (C=O) groups is 1. The van der Waals surface area contributed by atoms with E-state index in [0.29, 0.717) is 19.3 Å². The number of hydrogen-bond acceptors (Lipinski definition) is 11. The van der Waals surface area contributed by atoms with Crippen molar-refractivity contribution in [2.75, 3.05) is 13.2 Å². The lowest BCUT2D eigenvalue weighted by Crippen LogP contribution is -2.61. The molecule has 1 fully saturated rings. The Morgan fingerprint density at radius 3 is 1.43 bits per heavy atom. The second-order valence-corrected chi connectivity index (χ2v) is 17.2. The van der Waals surface area contributed by atoms with Crippen LogP contribution in [0.1, 0.15) is 200 Å². The number of amides is 1. The van der Waals surface area contributed by atoms with Gasteiger partial charge < -0.3 is 40.3 Å². The van der Waals surface area contributed by atoms with Crippen LogP contribution in [0.4, 0.5) is 0 Å². The number of ether oxygens (including phenoxy) is 2. The first-order chi connectivity index (χ1) is 26.9. The molecule has 13 nitrogen and oxygen atoms in total. The van der Waals surface area contributed by atoms with Gasteiger partial charge in [-0.25, -0.2) is 4.18 Å². The van der Waals surface area contributed by atoms with E-state index in [1.165, 1.54) is 109 Å². The Labute approximate surface area is 340 Å². The molecule has 1 saturated heterocycles. The highest BCUT2D eigenvalue weighted by molar-refractivity contribution is 7.80. The molecule has 1 amide bonds. The van der Waals surface area contributed by atoms with Crippen molar-refractivity contribution >= 4 is 16.3 Å². The monoisotopic (exact) mass is 826 g/mol. The Hall–Kier alpha value is -0.940. The van der Waals surface area contributed by atoms with Gasteiger partial charge in [0.15, 0.2) is 6.29 Å². The van der Waals surface area contributed by atoms with Gasteiger partial charge in [-0.2, -0.15) is 8.42 Å². The molecule has 0 bridgehead atoms. The van der Waals surface area contributed by atoms with Crippen molar-refractivity contribution in [1.82, 2.24) is 5.32 Å². The second kappa shape index (κ2) is 33.8. The molecular formula is C42H83NO12S. The Morgan fingerprint density at radius 2 is 1.04 bits per heavy atom. The number of aliphatic hydroxyl groups is 5. The molecule has 1 aliphatic heterocycles. The quantitative estimate of drug-likeness (QED) is 0.0244. The van der Waals surface area contributed by atoms with Gasteiger partial charge in [0.25, 0.3) is 0 Å². The van der Waals surface area contributed by atoms with Gasteiger partial charge in [0.1, 0.15) is 30.5 Å². The van der Waals surface area contributed by atoms with Crippen molar-refractivity contribution in [1.29, 1.82) is 0 Å². The molecule has 7 N–H and O–H groups in total. The van der Waals surface area contributed by atoms with E-state index in [4.69, 9.17) is 14.0 Å². The highest BCUT2D eigenvalue weighted by Gasteiger charge is 2.48. The van der Waals surface area contributed by atoms with E-state index < -0.39 is 78.5 Å². The minimum absolute atomic E-state index is 0.265. The van der Waals surface area contributed by atoms with Crippen molar-refractivity contribution in [3.05, 3.63) is 0 Å². The van der Waals surface area contributed by atoms with E-state index in [1.807, 2.05) is 0 Å². The van der Waals surface area contributed by atoms with Gasteiger partial charge in [-0.05, 0) is 12.8 Å². The third-order valence-electron chi connectivity index (χ3n) is 11.0. The molecule has 8 atom stereocenters. The van der Waals surface area contributed by atoms with E-state index in [2.05, 4.69) is 23.3 Å². The summed E-state index contributed by atoms with van der Waals surface area (Å²) in [5.74, 6) is -0.671. The topological polar surface area (TPSA) is 212 Å². The zero-order chi connectivity index (χ0) is 41.4. The van der Waals surface area contributed by atoms with Gasteiger partial charge >= 0.3 is 10.4 Å². The average molecular weight is 826 g/mol. The third kappa shape index (κ3) is 26.2. The smallest absolute Gasteiger partial charge is 0.394 e. The molecular weight excluding hydrogens is 743 g/mol. The van der Waals surface area contributed by atoms with Gasteiger partial charge in [-0.15, -0.1) is 0 Å². The van der Waals surface area contributed by atoms with Crippen LogP contribution < -0.4 is 5.32 Å². The Bertz CT molecular complexity index is 1040. The van der Waals surface area contributed by atoms with Gasteiger partial charge in [0, 0.05) is 0 Å². The van der Waals surface area contributed by atoms with Crippen molar-refractivity contribution in [2.24, 2.45) is 0 Å². The molecule has 0 saturated carbocycles. The molecule has 1 heterocycles. The van der Waals surface area contributed by atoms with Crippen molar-refractivity contribution in [2.45, 2.75) is 249 Å². The predicted molar refractivity (Wildman–Crippen MR) is 219 cm³/mol. The van der Waals surface area contributed by atoms with E-state index in [0.717, 1.165) is 51.4 Å². The van der Waals surface area contributed by atoms with Crippen LogP contribution in [0, 0.1) is 0 Å². The lowest BCUT2D eigenvalue weighted by molar-refractivity contribution is -0.298. The molecule has 1 rings (SSSR count). The first-order valence-corrected chi connectivity index (χ1v) is 23.9. The summed E-state index contributed by atoms with van der Waals surface area (Å²) < 4.78 is 47.3. The normalized spacial score (nSPS) is 21.9. The summed E-state index contributed by atoms with van der Waals surface area (Å²) in [7, 11) is -5.10. The van der Waals surface area contributed by atoms with Crippen LogP contribution in [0.2, 0.25) is 0 Å². The second-order valence-electron chi connectivity index (χ2n) is 16.1. The minimum atomic E-state index is -5.10. The number of rotatable bonds is 38. The lowest BCUT2D eigenvalue weighted by atomic mass is 9.99. The highest BCUT2D eigenvalue weighted by Crippen LogP contribution is 2.26. The highest BCUT2D eigenvalue weighted by atomic mass is 32.3. The maximum atomic E-state index is 13.0. The van der Waals surface area contributed by atoms with Crippen LogP contribution in [0.25, 0.3) is 0 Å². The van der Waals surface area contributed by atoms with Crippen LogP contribution in [0.15, 0.2) is 0 Å². The number of carbonyl (C=O) groups excluding carboxylic acids is 1. The zero-order valence-electron chi connectivity index (χ0n) is 35.1. The van der Waals surface area contributed by atoms with Crippen LogP contribution in [-0.2, 0) is 28.9 Å². The summed E-state index contributed by atoms with van der Waals surface area (Å²) in [5, 5.41) is 54.9. The van der Waals surface area contributed by atoms with Gasteiger partial charge in [0.05, 0.1) is 25.4 Å². The fourth-order valence-electron chi connectivity index (χ4n) is 7.41. The van der Waals surface area contributed by atoms with Crippen molar-refractivity contribution in [3.63, 3.8) is 0 Å². The molecule has 8 unspecified atom stereocenters. The fourth-order valence-corrected chi connectivity index (χ4v) is 7.92. The SMILES string of the molecule is CCCCCCCCCCCCCCCCCCCCCCCC(O)C(=O)NC(COC1OC(CO)C(O)C(OS(=O)(=O)O)C1O)C(O)CCCCCCCC. The summed E-state index contributed by atoms with van der Waals surface area (Å²) in [6, 6.07) is -1.02. The molecule has 0 aromatic carbocycles. The number of unbranched alkanes of at least 4 members (excludes halogenated alkanes) is 25. The molecule has 0 spiro atoms. The molecule has 334 valence electrons. The molecule has 0 radical (unpaired) electrons. The Morgan fingerprint density at radius 1 is 0.643 bits per heavy atom. The summed E-state index contributed by atoms with van der Waals surface area (Å²) in [4.78, 5) is 13.0. The maximum absolute atomic E-state index is 13.0. The molecule has 0 aliphatic carbocycles. The van der Waals surface area contributed by atoms with E-state index in [1.54, 1.807) is 0 Å². The minimum Gasteiger partial charge on any atom is -0.394 e. The van der Waals surface area contributed by atoms with Gasteiger partial charge in [-0.3, -0.25) is 9.35 Å². The third-order valence-corrected chi connectivity index (χ3v) is 11.5. The first kappa shape index (κ1) is 53.1. The van der Waals surface area contributed by atoms with Crippen LogP contribution in [0.5, 0.6) is 0 Å². The summed E-state index contributed by atoms with van der Waals surface area (Å²) in [5.41, 5.74) is 0. The van der Waals surface area contributed by atoms with Crippen LogP contribution in [0.3, 0.4) is 0 Å². The molecule has 56 heavy (non-hydrogen) atoms. The number of nitrogens with one attached hydrogen (secondary N) is 1. The van der Waals surface area contributed by atoms with Crippen LogP contribution in [-0.4, -0.2) is 107 Å². The van der Waals surface area contributed by atoms with Crippen molar-refractivity contribution in [3.8, 4) is 0 Å². The van der Waals surface area contributed by atoms with Crippen molar-refractivity contribution < 1.29 is 57.0 Å². The Kier molecular flexibility index (Phi) is 32.1. The van der Waals surface area contributed by atoms with Gasteiger partial charge in [0.2, 0.25) is 5.91 Å². The van der Waals surface area contributed by atoms with E-state index >= 15 is 0 Å². The summed E-state index contributed by atoms with van der Waals surface area (Å²) in [6.45, 7) is 3.19. The van der Waals surface area contributed by atoms with Crippen LogP contribution >= 0.6 is 0 Å². The number of aliphatic hydroxyl groups excluding tert-OH is 5. The lowest BCUT2D eigenvalue weighted by Gasteiger charge is -2.41. The molecule has 1 aliphatic rings. The molecule has 0 aromatic heterocycles. The average Bonchev–Trinajstić information content (AvgIpc) is 3.16. The maximum Gasteiger partial charge on any atom is 0.397 e. The molecule has 14 heteroatoms. The van der Waals surface area contributed by atoms with Gasteiger partial charge in [-0.1, -0.05) is 187 Å². The van der Waals surface area contributed by atoms with E-state index in [-0.39, 0.29) is 6.42 Å². The predicted octanol–water partition coefficient (Wildman–Crippen LogP) is 7.19. The van der Waals surface area contributed by atoms with E-state index in [9.17, 15) is 38.7 Å². The fraction of sp³-hybridized carbons (Fsp3) is 0.976. The standard InChI is InChI=1S/C42H83NO12S/c1-3-5-7-9-11-12-13-14-15-16-17-18-19-20-21-22-23-24-25-27-29-31-36(46)41(49)43-34(35(45)30-28-26-10-8-6-4-2)33-53-42-39(48)40(55-56(50,51)52)38(47)37(32-44)54-42/h34-40,42,44-48H,3-33H2,1-2H3,(H,43,49)(H,50,51,52). The summed E-state index contributed by atoms with van der Waals surface area (Å²) >= 11 is 0. The molecule has 0 aromatic rings. The Balaban J connectivity index is 2.38. The first-order valence-electron chi connectivity index (χ1n) is 22.5. The largest absolute Gasteiger partial charge is 0.397 e. The zero-order valence-corrected chi connectivity index (χ0v) is 35.9.